The molecule has 0 aliphatic heterocycles. The molecule has 3 nitrogen and oxygen atoms in total. The number of nitrogens with zero attached hydrogens (tertiary/aromatic N) is 2. The Labute approximate surface area is 371 Å². The van der Waals surface area contributed by atoms with E-state index in [0.717, 1.165) is 50.1 Å². The molecule has 64 heavy (non-hydrogen) atoms. The molecule has 0 saturated heterocycles. The lowest BCUT2D eigenvalue weighted by atomic mass is 9.82. The van der Waals surface area contributed by atoms with Crippen molar-refractivity contribution in [3.8, 4) is 39.1 Å². The van der Waals surface area contributed by atoms with Crippen molar-refractivity contribution in [1.82, 2.24) is 4.57 Å². The Hall–Kier alpha value is -8.14. The zero-order valence-corrected chi connectivity index (χ0v) is 35.6. The molecule has 3 heteroatoms. The minimum Gasteiger partial charge on any atom is -0.456 e. The molecule has 12 aromatic rings. The van der Waals surface area contributed by atoms with E-state index in [0.29, 0.717) is 0 Å². The Kier molecular flexibility index (Phi) is 7.95. The molecule has 0 amide bonds. The smallest absolute Gasteiger partial charge is 0.135 e. The zero-order chi connectivity index (χ0) is 42.5. The van der Waals surface area contributed by atoms with Crippen molar-refractivity contribution in [2.24, 2.45) is 0 Å². The molecule has 2 aromatic heterocycles. The summed E-state index contributed by atoms with van der Waals surface area (Å²) >= 11 is 0. The number of fused-ring (bicyclic) bond motifs is 10. The molecule has 10 aromatic carbocycles. The lowest BCUT2D eigenvalue weighted by Gasteiger charge is -2.28. The number of rotatable bonds is 6. The molecule has 0 bridgehead atoms. The molecule has 0 spiro atoms. The van der Waals surface area contributed by atoms with Crippen LogP contribution in [-0.2, 0) is 5.41 Å². The topological polar surface area (TPSA) is 21.3 Å². The van der Waals surface area contributed by atoms with Gasteiger partial charge in [0.15, 0.2) is 0 Å². The minimum absolute atomic E-state index is 0.235. The molecular weight excluding hydrogens is 777 g/mol. The summed E-state index contributed by atoms with van der Waals surface area (Å²) in [7, 11) is 0. The third kappa shape index (κ3) is 5.60. The Morgan fingerprint density at radius 3 is 1.59 bits per heavy atom. The molecule has 1 aliphatic carbocycles. The molecule has 0 fully saturated rings. The van der Waals surface area contributed by atoms with E-state index in [2.05, 4.69) is 230 Å². The Balaban J connectivity index is 0.909. The van der Waals surface area contributed by atoms with Crippen molar-refractivity contribution in [1.29, 1.82) is 0 Å². The third-order valence-corrected chi connectivity index (χ3v) is 13.8. The van der Waals surface area contributed by atoms with Crippen molar-refractivity contribution >= 4 is 71.6 Å². The van der Waals surface area contributed by atoms with Gasteiger partial charge in [-0.1, -0.05) is 147 Å². The molecule has 2 heterocycles. The van der Waals surface area contributed by atoms with Crippen LogP contribution in [-0.4, -0.2) is 4.57 Å². The van der Waals surface area contributed by atoms with Gasteiger partial charge in [-0.3, -0.25) is 0 Å². The number of aromatic nitrogens is 1. The zero-order valence-electron chi connectivity index (χ0n) is 35.6. The van der Waals surface area contributed by atoms with E-state index in [1.807, 2.05) is 12.1 Å². The van der Waals surface area contributed by atoms with E-state index in [9.17, 15) is 0 Å². The van der Waals surface area contributed by atoms with Gasteiger partial charge in [0, 0.05) is 49.7 Å². The summed E-state index contributed by atoms with van der Waals surface area (Å²) in [5.41, 5.74) is 18.5. The summed E-state index contributed by atoms with van der Waals surface area (Å²) in [6, 6.07) is 79.8. The van der Waals surface area contributed by atoms with E-state index in [-0.39, 0.29) is 5.41 Å². The maximum absolute atomic E-state index is 6.16. The van der Waals surface area contributed by atoms with Crippen LogP contribution < -0.4 is 4.90 Å². The first-order valence-electron chi connectivity index (χ1n) is 22.2. The maximum atomic E-state index is 6.16. The van der Waals surface area contributed by atoms with Gasteiger partial charge in [0.05, 0.1) is 11.0 Å². The summed E-state index contributed by atoms with van der Waals surface area (Å²) in [6.45, 7) is 4.77. The van der Waals surface area contributed by atoms with Gasteiger partial charge in [-0.2, -0.15) is 0 Å². The van der Waals surface area contributed by atoms with Crippen LogP contribution in [0.3, 0.4) is 0 Å². The highest BCUT2D eigenvalue weighted by atomic mass is 16.3. The fourth-order valence-electron chi connectivity index (χ4n) is 10.5. The lowest BCUT2D eigenvalue weighted by Crippen LogP contribution is -2.17. The highest BCUT2D eigenvalue weighted by Gasteiger charge is 2.36. The van der Waals surface area contributed by atoms with Crippen molar-refractivity contribution in [2.45, 2.75) is 19.3 Å². The van der Waals surface area contributed by atoms with E-state index in [1.165, 1.54) is 71.6 Å². The highest BCUT2D eigenvalue weighted by molar-refractivity contribution is 6.09. The Morgan fingerprint density at radius 2 is 0.891 bits per heavy atom. The van der Waals surface area contributed by atoms with Gasteiger partial charge in [0.2, 0.25) is 0 Å². The number of para-hydroxylation sites is 3. The fourth-order valence-corrected chi connectivity index (χ4v) is 10.5. The molecule has 0 N–H and O–H groups in total. The highest BCUT2D eigenvalue weighted by Crippen LogP contribution is 2.52. The average molecular weight is 819 g/mol. The van der Waals surface area contributed by atoms with Crippen LogP contribution in [0, 0.1) is 0 Å². The molecule has 0 radical (unpaired) electrons. The fraction of sp³-hybridized carbons (Fsp3) is 0.0492. The van der Waals surface area contributed by atoms with Crippen molar-refractivity contribution < 1.29 is 4.42 Å². The SMILES string of the molecule is CC1(C)c2cc(N(c3ccc(-c4ccc5ccccc5c4)cc3)c3ccc(-c4ccc5oc6ccccc6c5c4)cc3)ccc2-c2ccc(-n3c4ccccc4c4ccccc43)cc21. The molecule has 13 rings (SSSR count). The van der Waals surface area contributed by atoms with Crippen molar-refractivity contribution in [3.63, 3.8) is 0 Å². The first kappa shape index (κ1) is 36.5. The van der Waals surface area contributed by atoms with Crippen LogP contribution in [0.5, 0.6) is 0 Å². The lowest BCUT2D eigenvalue weighted by molar-refractivity contribution is 0.660. The van der Waals surface area contributed by atoms with Crippen LogP contribution in [0.25, 0.3) is 93.6 Å². The molecular formula is C61H42N2O. The van der Waals surface area contributed by atoms with Crippen molar-refractivity contribution in [3.05, 3.63) is 230 Å². The summed E-state index contributed by atoms with van der Waals surface area (Å²) in [6.07, 6.45) is 0. The largest absolute Gasteiger partial charge is 0.456 e. The summed E-state index contributed by atoms with van der Waals surface area (Å²) in [5, 5.41) is 7.32. The Bertz CT molecular complexity index is 3760. The van der Waals surface area contributed by atoms with Gasteiger partial charge in [0.1, 0.15) is 11.2 Å². The first-order valence-corrected chi connectivity index (χ1v) is 22.2. The number of furan rings is 1. The van der Waals surface area contributed by atoms with Gasteiger partial charge < -0.3 is 13.9 Å². The van der Waals surface area contributed by atoms with Crippen LogP contribution in [0.15, 0.2) is 223 Å². The predicted octanol–water partition coefficient (Wildman–Crippen LogP) is 16.9. The van der Waals surface area contributed by atoms with Crippen LogP contribution >= 0.6 is 0 Å². The second-order valence-corrected chi connectivity index (χ2v) is 17.8. The summed E-state index contributed by atoms with van der Waals surface area (Å²) < 4.78 is 8.59. The molecule has 0 saturated carbocycles. The van der Waals surface area contributed by atoms with E-state index < -0.39 is 0 Å². The second-order valence-electron chi connectivity index (χ2n) is 17.8. The van der Waals surface area contributed by atoms with Crippen molar-refractivity contribution in [2.75, 3.05) is 4.90 Å². The number of hydrogen-bond donors (Lipinski definition) is 0. The maximum Gasteiger partial charge on any atom is 0.135 e. The van der Waals surface area contributed by atoms with E-state index in [4.69, 9.17) is 4.42 Å². The van der Waals surface area contributed by atoms with Crippen LogP contribution in [0.4, 0.5) is 17.1 Å². The number of hydrogen-bond acceptors (Lipinski definition) is 2. The first-order chi connectivity index (χ1) is 31.5. The average Bonchev–Trinajstić information content (AvgIpc) is 3.96. The molecule has 0 atom stereocenters. The summed E-state index contributed by atoms with van der Waals surface area (Å²) in [4.78, 5) is 2.41. The second kappa shape index (κ2) is 13.9. The van der Waals surface area contributed by atoms with Gasteiger partial charge in [0.25, 0.3) is 0 Å². The third-order valence-electron chi connectivity index (χ3n) is 13.8. The van der Waals surface area contributed by atoms with Gasteiger partial charge in [-0.15, -0.1) is 0 Å². The monoisotopic (exact) mass is 818 g/mol. The summed E-state index contributed by atoms with van der Waals surface area (Å²) in [5.74, 6) is 0. The van der Waals surface area contributed by atoms with Gasteiger partial charge >= 0.3 is 0 Å². The quantitative estimate of drug-likeness (QED) is 0.167. The van der Waals surface area contributed by atoms with E-state index in [1.54, 1.807) is 0 Å². The predicted molar refractivity (Wildman–Crippen MR) is 269 cm³/mol. The van der Waals surface area contributed by atoms with Crippen LogP contribution in [0.2, 0.25) is 0 Å². The van der Waals surface area contributed by atoms with E-state index >= 15 is 0 Å². The number of anilines is 3. The molecule has 1 aliphatic rings. The molecule has 302 valence electrons. The normalized spacial score (nSPS) is 13.0. The minimum atomic E-state index is -0.235. The van der Waals surface area contributed by atoms with Gasteiger partial charge in [-0.25, -0.2) is 0 Å². The Morgan fingerprint density at radius 1 is 0.375 bits per heavy atom. The number of benzene rings is 10. The van der Waals surface area contributed by atoms with Gasteiger partial charge in [-0.05, 0) is 140 Å². The molecule has 0 unspecified atom stereocenters. The standard InChI is InChI=1S/C61H42N2O/c1-61(2)55-37-47(30-32-49(55)50-33-31-48(38-56(50)61)63-57-16-8-5-13-51(57)52-14-6-9-17-58(52)63)62(45-26-21-40(22-27-45)43-20-19-39-11-3-4-12-42(39)35-43)46-28-23-41(24-29-46)44-25-34-60-54(36-44)53-15-7-10-18-59(53)64-60/h3-38H,1-2H3. The van der Waals surface area contributed by atoms with Crippen LogP contribution in [0.1, 0.15) is 25.0 Å².